The van der Waals surface area contributed by atoms with Crippen LogP contribution in [-0.4, -0.2) is 17.6 Å². The number of rotatable bonds is 5. The van der Waals surface area contributed by atoms with Crippen molar-refractivity contribution in [3.8, 4) is 5.75 Å². The van der Waals surface area contributed by atoms with Crippen molar-refractivity contribution in [1.29, 1.82) is 0 Å². The highest BCUT2D eigenvalue weighted by atomic mass is 16.5. The van der Waals surface area contributed by atoms with Crippen LogP contribution in [0.2, 0.25) is 0 Å². The van der Waals surface area contributed by atoms with Crippen molar-refractivity contribution in [2.45, 2.75) is 33.3 Å². The van der Waals surface area contributed by atoms with Gasteiger partial charge in [0.15, 0.2) is 0 Å². The Bertz CT molecular complexity index is 276. The van der Waals surface area contributed by atoms with Crippen LogP contribution in [0.1, 0.15) is 27.2 Å². The summed E-state index contributed by atoms with van der Waals surface area (Å²) in [5.74, 6) is 0.831. The van der Waals surface area contributed by atoms with Crippen LogP contribution in [0.5, 0.6) is 5.75 Å². The number of hydrogen-bond donors (Lipinski definition) is 1. The Kier molecular flexibility index (Phi) is 4.23. The van der Waals surface area contributed by atoms with E-state index in [1.54, 1.807) is 12.4 Å². The molecule has 0 saturated carbocycles. The first kappa shape index (κ1) is 10.8. The highest BCUT2D eigenvalue weighted by Crippen LogP contribution is 2.16. The van der Waals surface area contributed by atoms with Gasteiger partial charge >= 0.3 is 0 Å². The first-order valence-corrected chi connectivity index (χ1v) is 5.11. The summed E-state index contributed by atoms with van der Waals surface area (Å²) in [4.78, 5) is 4.10. The zero-order chi connectivity index (χ0) is 10.4. The van der Waals surface area contributed by atoms with Crippen LogP contribution < -0.4 is 10.1 Å². The van der Waals surface area contributed by atoms with Gasteiger partial charge in [-0.1, -0.05) is 6.92 Å². The van der Waals surface area contributed by atoms with Crippen molar-refractivity contribution < 1.29 is 4.74 Å². The lowest BCUT2D eigenvalue weighted by atomic mass is 10.3. The lowest BCUT2D eigenvalue weighted by molar-refractivity contribution is 0.217. The molecule has 0 bridgehead atoms. The molecule has 1 heterocycles. The zero-order valence-corrected chi connectivity index (χ0v) is 9.08. The molecular formula is C11H18N2O. The van der Waals surface area contributed by atoms with E-state index in [0.717, 1.165) is 24.4 Å². The summed E-state index contributed by atoms with van der Waals surface area (Å²) in [7, 11) is 0. The van der Waals surface area contributed by atoms with Crippen molar-refractivity contribution in [2.24, 2.45) is 0 Å². The Hall–Kier alpha value is -1.25. The van der Waals surface area contributed by atoms with E-state index in [1.807, 2.05) is 6.07 Å². The van der Waals surface area contributed by atoms with Crippen molar-refractivity contribution in [2.75, 3.05) is 11.9 Å². The van der Waals surface area contributed by atoms with Crippen molar-refractivity contribution >= 4 is 5.69 Å². The number of anilines is 1. The molecule has 3 heteroatoms. The van der Waals surface area contributed by atoms with Crippen LogP contribution in [0.15, 0.2) is 18.5 Å². The molecule has 1 rings (SSSR count). The molecule has 0 spiro atoms. The van der Waals surface area contributed by atoms with E-state index < -0.39 is 0 Å². The van der Waals surface area contributed by atoms with Gasteiger partial charge in [-0.05, 0) is 20.3 Å². The SMILES string of the molecule is CCNc1cncc(OC(C)CC)c1. The topological polar surface area (TPSA) is 34.2 Å². The van der Waals surface area contributed by atoms with Gasteiger partial charge in [-0.15, -0.1) is 0 Å². The van der Waals surface area contributed by atoms with Crippen LogP contribution in [0.25, 0.3) is 0 Å². The molecule has 1 atom stereocenters. The normalized spacial score (nSPS) is 12.2. The summed E-state index contributed by atoms with van der Waals surface area (Å²) >= 11 is 0. The maximum atomic E-state index is 5.65. The third-order valence-electron chi connectivity index (χ3n) is 2.01. The molecule has 1 aromatic rings. The van der Waals surface area contributed by atoms with Crippen LogP contribution in [0.3, 0.4) is 0 Å². The second-order valence-electron chi connectivity index (χ2n) is 3.28. The van der Waals surface area contributed by atoms with Gasteiger partial charge in [0, 0.05) is 12.6 Å². The van der Waals surface area contributed by atoms with E-state index in [1.165, 1.54) is 0 Å². The summed E-state index contributed by atoms with van der Waals surface area (Å²) in [6, 6.07) is 1.97. The fourth-order valence-electron chi connectivity index (χ4n) is 1.10. The summed E-state index contributed by atoms with van der Waals surface area (Å²) < 4.78 is 5.65. The molecule has 14 heavy (non-hydrogen) atoms. The van der Waals surface area contributed by atoms with Gasteiger partial charge in [0.25, 0.3) is 0 Å². The third-order valence-corrected chi connectivity index (χ3v) is 2.01. The van der Waals surface area contributed by atoms with Gasteiger partial charge in [0.2, 0.25) is 0 Å². The molecule has 0 aromatic carbocycles. The van der Waals surface area contributed by atoms with Crippen LogP contribution >= 0.6 is 0 Å². The minimum absolute atomic E-state index is 0.244. The van der Waals surface area contributed by atoms with Gasteiger partial charge in [-0.25, -0.2) is 0 Å². The molecular weight excluding hydrogens is 176 g/mol. The quantitative estimate of drug-likeness (QED) is 0.782. The standard InChI is InChI=1S/C11H18N2O/c1-4-9(3)14-11-6-10(13-5-2)7-12-8-11/h6-9,13H,4-5H2,1-3H3. The van der Waals surface area contributed by atoms with E-state index >= 15 is 0 Å². The fourth-order valence-corrected chi connectivity index (χ4v) is 1.10. The summed E-state index contributed by atoms with van der Waals surface area (Å²) in [5, 5.41) is 3.20. The van der Waals surface area contributed by atoms with E-state index in [-0.39, 0.29) is 6.10 Å². The fraction of sp³-hybridized carbons (Fsp3) is 0.545. The van der Waals surface area contributed by atoms with Crippen LogP contribution in [0.4, 0.5) is 5.69 Å². The molecule has 1 N–H and O–H groups in total. The van der Waals surface area contributed by atoms with E-state index in [2.05, 4.69) is 31.1 Å². The molecule has 0 radical (unpaired) electrons. The molecule has 0 aliphatic carbocycles. The molecule has 0 aliphatic heterocycles. The first-order valence-electron chi connectivity index (χ1n) is 5.11. The Morgan fingerprint density at radius 1 is 1.43 bits per heavy atom. The lowest BCUT2D eigenvalue weighted by Gasteiger charge is -2.12. The van der Waals surface area contributed by atoms with Gasteiger partial charge in [-0.3, -0.25) is 4.98 Å². The van der Waals surface area contributed by atoms with Crippen molar-refractivity contribution in [1.82, 2.24) is 4.98 Å². The molecule has 0 saturated heterocycles. The number of pyridine rings is 1. The summed E-state index contributed by atoms with van der Waals surface area (Å²) in [5.41, 5.74) is 1.01. The second kappa shape index (κ2) is 5.47. The van der Waals surface area contributed by atoms with Gasteiger partial charge in [0.05, 0.1) is 24.2 Å². The predicted octanol–water partition coefficient (Wildman–Crippen LogP) is 2.69. The average Bonchev–Trinajstić information content (AvgIpc) is 2.19. The van der Waals surface area contributed by atoms with E-state index in [9.17, 15) is 0 Å². The number of aromatic nitrogens is 1. The maximum absolute atomic E-state index is 5.65. The Labute approximate surface area is 85.5 Å². The Balaban J connectivity index is 2.63. The first-order chi connectivity index (χ1) is 6.76. The Morgan fingerprint density at radius 2 is 2.21 bits per heavy atom. The van der Waals surface area contributed by atoms with Crippen molar-refractivity contribution in [3.05, 3.63) is 18.5 Å². The smallest absolute Gasteiger partial charge is 0.140 e. The minimum atomic E-state index is 0.244. The number of nitrogens with one attached hydrogen (secondary N) is 1. The number of hydrogen-bond acceptors (Lipinski definition) is 3. The highest BCUT2D eigenvalue weighted by molar-refractivity contribution is 5.44. The molecule has 1 unspecified atom stereocenters. The highest BCUT2D eigenvalue weighted by Gasteiger charge is 2.01. The monoisotopic (exact) mass is 194 g/mol. The average molecular weight is 194 g/mol. The minimum Gasteiger partial charge on any atom is -0.489 e. The summed E-state index contributed by atoms with van der Waals surface area (Å²) in [6.07, 6.45) is 4.79. The summed E-state index contributed by atoms with van der Waals surface area (Å²) in [6.45, 7) is 7.11. The van der Waals surface area contributed by atoms with E-state index in [4.69, 9.17) is 4.74 Å². The largest absolute Gasteiger partial charge is 0.489 e. The van der Waals surface area contributed by atoms with Crippen LogP contribution in [-0.2, 0) is 0 Å². The third kappa shape index (κ3) is 3.24. The molecule has 0 aliphatic rings. The number of ether oxygens (including phenoxy) is 1. The maximum Gasteiger partial charge on any atom is 0.140 e. The zero-order valence-electron chi connectivity index (χ0n) is 9.08. The predicted molar refractivity (Wildman–Crippen MR) is 58.8 cm³/mol. The molecule has 78 valence electrons. The second-order valence-corrected chi connectivity index (χ2v) is 3.28. The molecule has 1 aromatic heterocycles. The van der Waals surface area contributed by atoms with Gasteiger partial charge in [-0.2, -0.15) is 0 Å². The number of nitrogens with zero attached hydrogens (tertiary/aromatic N) is 1. The Morgan fingerprint density at radius 3 is 2.86 bits per heavy atom. The van der Waals surface area contributed by atoms with Gasteiger partial charge in [0.1, 0.15) is 5.75 Å². The van der Waals surface area contributed by atoms with Crippen molar-refractivity contribution in [3.63, 3.8) is 0 Å². The molecule has 3 nitrogen and oxygen atoms in total. The molecule has 0 fully saturated rings. The molecule has 0 amide bonds. The lowest BCUT2D eigenvalue weighted by Crippen LogP contribution is -2.10. The van der Waals surface area contributed by atoms with Gasteiger partial charge < -0.3 is 10.1 Å². The van der Waals surface area contributed by atoms with Crippen LogP contribution in [0, 0.1) is 0 Å². The van der Waals surface area contributed by atoms with E-state index in [0.29, 0.717) is 0 Å².